The summed E-state index contributed by atoms with van der Waals surface area (Å²) in [7, 11) is -3.99. The Bertz CT molecular complexity index is 1270. The van der Waals surface area contributed by atoms with Gasteiger partial charge in [-0.15, -0.1) is 0 Å². The Morgan fingerprint density at radius 2 is 1.33 bits per heavy atom. The highest BCUT2D eigenvalue weighted by Gasteiger charge is 2.72. The molecule has 5 nitrogen and oxygen atoms in total. The van der Waals surface area contributed by atoms with Gasteiger partial charge in [-0.05, 0) is 133 Å². The van der Waals surface area contributed by atoms with Crippen LogP contribution in [0.4, 0.5) is 0 Å². The van der Waals surface area contributed by atoms with Gasteiger partial charge in [-0.3, -0.25) is 4.79 Å². The third-order valence-corrected chi connectivity index (χ3v) is 26.9. The average molecular weight is 715 g/mol. The van der Waals surface area contributed by atoms with E-state index in [1.54, 1.807) is 0 Å². The molecule has 4 unspecified atom stereocenters. The third-order valence-electron chi connectivity index (χ3n) is 17.6. The lowest BCUT2D eigenvalue weighted by atomic mass is 9.33. The molecule has 0 amide bonds. The van der Waals surface area contributed by atoms with Crippen LogP contribution in [0.2, 0.25) is 36.3 Å². The Hall–Kier alpha value is -0.766. The number of carboxylic acids is 1. The predicted molar refractivity (Wildman–Crippen MR) is 207 cm³/mol. The van der Waals surface area contributed by atoms with Crippen LogP contribution >= 0.6 is 0 Å². The van der Waals surface area contributed by atoms with Crippen molar-refractivity contribution in [2.24, 2.45) is 50.2 Å². The summed E-state index contributed by atoms with van der Waals surface area (Å²) in [5.74, 6) is 0.0879. The first kappa shape index (κ1) is 39.4. The molecule has 4 saturated carbocycles. The van der Waals surface area contributed by atoms with Crippen LogP contribution in [0.25, 0.3) is 0 Å². The molecule has 0 aromatic carbocycles. The standard InChI is InChI=1S/C42H74O5Si2/c1-13-48(14-2,15-3)46-34-22-23-38(9)32(39(34,10)29-43)21-24-40(11)33(38)20-19-30-31-27-37(7,8)25-26-42(31,36(44)45)35(28-41(30,40)12)47-49(16-4,17-5)18-6/h19,29,31-35H,13-18,20-28H2,1-12H3,(H,44,45)/t31?,32-,33?,34+,35+,38?,39-,40?,41-,42-/m1/s1. The van der Waals surface area contributed by atoms with Crippen LogP contribution in [0.3, 0.4) is 0 Å². The van der Waals surface area contributed by atoms with Crippen molar-refractivity contribution in [3.8, 4) is 0 Å². The van der Waals surface area contributed by atoms with E-state index in [0.717, 1.165) is 87.6 Å². The van der Waals surface area contributed by atoms with Gasteiger partial charge in [0.2, 0.25) is 0 Å². The lowest BCUT2D eigenvalue weighted by Crippen LogP contribution is -2.69. The van der Waals surface area contributed by atoms with Gasteiger partial charge in [-0.1, -0.05) is 94.7 Å². The quantitative estimate of drug-likeness (QED) is 0.124. The molecule has 0 aliphatic heterocycles. The number of aldehydes is 1. The van der Waals surface area contributed by atoms with Crippen LogP contribution in [-0.4, -0.2) is 46.2 Å². The molecule has 280 valence electrons. The largest absolute Gasteiger partial charge is 0.481 e. The topological polar surface area (TPSA) is 72.8 Å². The highest BCUT2D eigenvalue weighted by Crippen LogP contribution is 2.76. The number of rotatable bonds is 12. The van der Waals surface area contributed by atoms with E-state index in [1.807, 2.05) is 0 Å². The van der Waals surface area contributed by atoms with Crippen molar-refractivity contribution >= 4 is 28.9 Å². The summed E-state index contributed by atoms with van der Waals surface area (Å²) in [6.45, 7) is 28.3. The van der Waals surface area contributed by atoms with Crippen molar-refractivity contribution in [1.82, 2.24) is 0 Å². The van der Waals surface area contributed by atoms with Crippen molar-refractivity contribution in [3.05, 3.63) is 11.6 Å². The van der Waals surface area contributed by atoms with Crippen molar-refractivity contribution in [2.75, 3.05) is 0 Å². The molecule has 0 radical (unpaired) electrons. The number of fused-ring (bicyclic) bond motifs is 7. The van der Waals surface area contributed by atoms with Crippen molar-refractivity contribution < 1.29 is 23.5 Å². The first-order chi connectivity index (χ1) is 22.9. The van der Waals surface area contributed by atoms with Crippen molar-refractivity contribution in [2.45, 2.75) is 189 Å². The molecule has 0 aromatic rings. The molecule has 5 rings (SSSR count). The zero-order valence-corrected chi connectivity index (χ0v) is 35.7. The highest BCUT2D eigenvalue weighted by molar-refractivity contribution is 6.74. The molecule has 5 aliphatic rings. The van der Waals surface area contributed by atoms with Gasteiger partial charge in [-0.25, -0.2) is 0 Å². The monoisotopic (exact) mass is 715 g/mol. The molecule has 1 N–H and O–H groups in total. The minimum Gasteiger partial charge on any atom is -0.481 e. The average Bonchev–Trinajstić information content (AvgIpc) is 3.07. The zero-order chi connectivity index (χ0) is 36.5. The molecule has 0 heterocycles. The van der Waals surface area contributed by atoms with Gasteiger partial charge in [-0.2, -0.15) is 0 Å². The zero-order valence-electron chi connectivity index (χ0n) is 33.7. The molecule has 0 saturated heterocycles. The molecule has 7 heteroatoms. The Balaban J connectivity index is 1.61. The molecule has 49 heavy (non-hydrogen) atoms. The van der Waals surface area contributed by atoms with E-state index in [9.17, 15) is 14.7 Å². The van der Waals surface area contributed by atoms with Crippen LogP contribution in [0.1, 0.15) is 141 Å². The molecule has 0 aromatic heterocycles. The lowest BCUT2D eigenvalue weighted by molar-refractivity contribution is -0.214. The maximum Gasteiger partial charge on any atom is 0.312 e. The number of aliphatic carboxylic acids is 1. The van der Waals surface area contributed by atoms with Gasteiger partial charge in [0.15, 0.2) is 16.6 Å². The van der Waals surface area contributed by atoms with Crippen molar-refractivity contribution in [3.63, 3.8) is 0 Å². The van der Waals surface area contributed by atoms with Crippen LogP contribution in [0.5, 0.6) is 0 Å². The van der Waals surface area contributed by atoms with Gasteiger partial charge in [0.05, 0.1) is 23.0 Å². The Kier molecular flexibility index (Phi) is 10.7. The lowest BCUT2D eigenvalue weighted by Gasteiger charge is -2.72. The normalized spacial score (nSPS) is 43.3. The predicted octanol–water partition coefficient (Wildman–Crippen LogP) is 11.4. The van der Waals surface area contributed by atoms with Crippen LogP contribution in [0.15, 0.2) is 11.6 Å². The Morgan fingerprint density at radius 3 is 1.84 bits per heavy atom. The number of allylic oxidation sites excluding steroid dienone is 2. The molecule has 0 bridgehead atoms. The van der Waals surface area contributed by atoms with Gasteiger partial charge < -0.3 is 18.8 Å². The summed E-state index contributed by atoms with van der Waals surface area (Å²) in [6.07, 6.45) is 12.1. The van der Waals surface area contributed by atoms with E-state index < -0.39 is 33.4 Å². The van der Waals surface area contributed by atoms with Gasteiger partial charge >= 0.3 is 5.97 Å². The van der Waals surface area contributed by atoms with Gasteiger partial charge in [0, 0.05) is 0 Å². The second-order valence-corrected chi connectivity index (χ2v) is 28.9. The van der Waals surface area contributed by atoms with E-state index in [0.29, 0.717) is 12.3 Å². The number of hydrogen-bond acceptors (Lipinski definition) is 4. The van der Waals surface area contributed by atoms with E-state index in [4.69, 9.17) is 8.85 Å². The summed E-state index contributed by atoms with van der Waals surface area (Å²) in [4.78, 5) is 27.2. The minimum atomic E-state index is -2.10. The van der Waals surface area contributed by atoms with Gasteiger partial charge in [0.1, 0.15) is 6.29 Å². The summed E-state index contributed by atoms with van der Waals surface area (Å²) >= 11 is 0. The van der Waals surface area contributed by atoms with Crippen LogP contribution in [0, 0.1) is 50.2 Å². The van der Waals surface area contributed by atoms with E-state index in [-0.39, 0.29) is 45.7 Å². The van der Waals surface area contributed by atoms with Crippen LogP contribution < -0.4 is 0 Å². The number of carbonyl (C=O) groups excluding carboxylic acids is 1. The third kappa shape index (κ3) is 5.61. The molecular weight excluding hydrogens is 641 g/mol. The summed E-state index contributed by atoms with van der Waals surface area (Å²) in [6, 6.07) is 6.43. The van der Waals surface area contributed by atoms with E-state index in [2.05, 4.69) is 89.2 Å². The van der Waals surface area contributed by atoms with Crippen LogP contribution in [-0.2, 0) is 18.4 Å². The number of carbonyl (C=O) groups is 2. The molecule has 10 atom stereocenters. The summed E-state index contributed by atoms with van der Waals surface area (Å²) < 4.78 is 14.7. The first-order valence-electron chi connectivity index (χ1n) is 20.6. The summed E-state index contributed by atoms with van der Waals surface area (Å²) in [5, 5.41) is 11.4. The first-order valence-corrected chi connectivity index (χ1v) is 25.7. The Labute approximate surface area is 302 Å². The fourth-order valence-corrected chi connectivity index (χ4v) is 19.4. The molecule has 5 aliphatic carbocycles. The van der Waals surface area contributed by atoms with Crippen molar-refractivity contribution in [1.29, 1.82) is 0 Å². The SMILES string of the molecule is CC[Si](CC)(CC)O[C@H]1CCC2(C)C3CC=C4C5CC(C)(C)CC[C@]5(C(=O)O)[C@@H](O[Si](CC)(CC)CC)C[C@@]4(C)C3(C)CC[C@H]2[C@@]1(C)C=O. The minimum absolute atomic E-state index is 0.00216. The molecule has 4 fully saturated rings. The number of carboxylic acid groups (broad SMARTS) is 1. The van der Waals surface area contributed by atoms with E-state index in [1.165, 1.54) is 11.9 Å². The highest BCUT2D eigenvalue weighted by atomic mass is 28.4. The number of hydrogen-bond donors (Lipinski definition) is 1. The molecular formula is C42H74O5Si2. The van der Waals surface area contributed by atoms with E-state index >= 15 is 0 Å². The maximum atomic E-state index is 13.8. The maximum absolute atomic E-state index is 13.8. The molecule has 0 spiro atoms. The summed E-state index contributed by atoms with van der Waals surface area (Å²) in [5.41, 5.74) is 0.0539. The fraction of sp³-hybridized carbons (Fsp3) is 0.905. The van der Waals surface area contributed by atoms with Gasteiger partial charge in [0.25, 0.3) is 0 Å². The second-order valence-electron chi connectivity index (χ2n) is 19.5. The second kappa shape index (κ2) is 13.3. The fourth-order valence-electron chi connectivity index (χ4n) is 13.5. The smallest absolute Gasteiger partial charge is 0.312 e. The Morgan fingerprint density at radius 1 is 0.776 bits per heavy atom.